The van der Waals surface area contributed by atoms with Crippen molar-refractivity contribution in [2.75, 3.05) is 6.54 Å². The predicted octanol–water partition coefficient (Wildman–Crippen LogP) is 7.22. The zero-order valence-corrected chi connectivity index (χ0v) is 31.4. The van der Waals surface area contributed by atoms with Crippen LogP contribution >= 0.6 is 0 Å². The molecule has 11 atom stereocenters. The zero-order chi connectivity index (χ0) is 34.9. The van der Waals surface area contributed by atoms with Gasteiger partial charge in [0.05, 0.1) is 11.9 Å². The molecule has 5 rings (SSSR count). The van der Waals surface area contributed by atoms with Crippen molar-refractivity contribution in [1.29, 1.82) is 0 Å². The van der Waals surface area contributed by atoms with Gasteiger partial charge in [0, 0.05) is 49.2 Å². The normalized spacial score (nSPS) is 37.4. The van der Waals surface area contributed by atoms with E-state index in [1.54, 1.807) is 13.3 Å². The number of fused-ring (bicyclic) bond motifs is 5. The zero-order valence-electron chi connectivity index (χ0n) is 31.4. The van der Waals surface area contributed by atoms with Crippen LogP contribution in [0.2, 0.25) is 0 Å². The second-order valence-corrected chi connectivity index (χ2v) is 17.8. The molecule has 4 aliphatic carbocycles. The van der Waals surface area contributed by atoms with Crippen LogP contribution in [0.25, 0.3) is 0 Å². The molecule has 4 fully saturated rings. The van der Waals surface area contributed by atoms with Crippen LogP contribution in [-0.2, 0) is 20.7 Å². The minimum atomic E-state index is -0.999. The Kier molecular flexibility index (Phi) is 11.8. The number of imidazole rings is 1. The first-order valence-electron chi connectivity index (χ1n) is 19.7. The van der Waals surface area contributed by atoms with Crippen molar-refractivity contribution >= 4 is 11.9 Å². The molecule has 272 valence electrons. The van der Waals surface area contributed by atoms with Gasteiger partial charge in [0.1, 0.15) is 12.1 Å². The summed E-state index contributed by atoms with van der Waals surface area (Å²) in [4.78, 5) is 33.1. The maximum Gasteiger partial charge on any atom is 0.329 e. The number of esters is 1. The Hall–Kier alpha value is -1.93. The maximum atomic E-state index is 13.5. The third kappa shape index (κ3) is 7.27. The summed E-state index contributed by atoms with van der Waals surface area (Å²) < 4.78 is 6.19. The molecule has 8 nitrogen and oxygen atoms in total. The molecule has 0 bridgehead atoms. The summed E-state index contributed by atoms with van der Waals surface area (Å²) in [5.41, 5.74) is 0.194. The predicted molar refractivity (Wildman–Crippen MR) is 191 cm³/mol. The van der Waals surface area contributed by atoms with Crippen LogP contribution in [0.3, 0.4) is 0 Å². The number of nitrogens with one attached hydrogen (secondary N) is 3. The third-order valence-corrected chi connectivity index (χ3v) is 14.2. The van der Waals surface area contributed by atoms with E-state index in [4.69, 9.17) is 4.74 Å². The van der Waals surface area contributed by atoms with E-state index >= 15 is 0 Å². The van der Waals surface area contributed by atoms with Crippen LogP contribution in [0.15, 0.2) is 12.5 Å². The van der Waals surface area contributed by atoms with E-state index in [0.29, 0.717) is 36.0 Å². The van der Waals surface area contributed by atoms with Crippen LogP contribution in [0.5, 0.6) is 0 Å². The van der Waals surface area contributed by atoms with Gasteiger partial charge >= 0.3 is 5.97 Å². The van der Waals surface area contributed by atoms with Crippen LogP contribution < -0.4 is 10.6 Å². The highest BCUT2D eigenvalue weighted by Crippen LogP contribution is 2.69. The lowest BCUT2D eigenvalue weighted by Gasteiger charge is -2.66. The average Bonchev–Trinajstić information content (AvgIpc) is 3.68. The molecular formula is C40H68N4O4. The van der Waals surface area contributed by atoms with Crippen LogP contribution in [0.4, 0.5) is 0 Å². The van der Waals surface area contributed by atoms with E-state index < -0.39 is 11.6 Å². The van der Waals surface area contributed by atoms with Crippen molar-refractivity contribution in [2.45, 2.75) is 163 Å². The lowest BCUT2D eigenvalue weighted by Crippen LogP contribution is -2.71. The van der Waals surface area contributed by atoms with Crippen molar-refractivity contribution in [1.82, 2.24) is 20.6 Å². The standard InChI is InChI=1S/C40H68N4O4/c1-9-35(45)44-36(26(4)5)37(46)48-29-15-19-39(8)33-16-18-38(7)31(27(6)12-10-11-25(2)3)13-14-32(38)30(33)21-34(40(39,47)22-29)42-20-17-28-23-41-24-43-28/h23-27,29-34,36,42,47H,9-22H2,1-8H3,(H,41,43)(H,44,45)/t27-,29+,30+,31-,32+,33+,34-,36+,38-,39-,40+/m1/s1. The monoisotopic (exact) mass is 669 g/mol. The number of aliphatic hydroxyl groups is 1. The largest absolute Gasteiger partial charge is 0.461 e. The van der Waals surface area contributed by atoms with Crippen molar-refractivity contribution < 1.29 is 19.4 Å². The fourth-order valence-corrected chi connectivity index (χ4v) is 11.5. The van der Waals surface area contributed by atoms with Gasteiger partial charge in [0.25, 0.3) is 0 Å². The Morgan fingerprint density at radius 1 is 1.06 bits per heavy atom. The number of amides is 1. The fraction of sp³-hybridized carbons (Fsp3) is 0.875. The highest BCUT2D eigenvalue weighted by atomic mass is 16.5. The summed E-state index contributed by atoms with van der Waals surface area (Å²) in [7, 11) is 0. The SMILES string of the molecule is CCC(=O)N[C@H](C(=O)O[C@H]1CC[C@]2(C)[C@H]3CC[C@]4(C)[C@@H]([C@H](C)CCCC(C)C)CC[C@H]4[C@@H]3C[C@@H](NCCc3cnc[nH]3)[C@@]2(O)C1)C(C)C. The Morgan fingerprint density at radius 3 is 2.50 bits per heavy atom. The van der Waals surface area contributed by atoms with Gasteiger partial charge in [0.2, 0.25) is 5.91 Å². The Morgan fingerprint density at radius 2 is 1.83 bits per heavy atom. The summed E-state index contributed by atoms with van der Waals surface area (Å²) in [6, 6.07) is -0.766. The van der Waals surface area contributed by atoms with Gasteiger partial charge in [-0.05, 0) is 91.8 Å². The molecule has 0 saturated heterocycles. The highest BCUT2D eigenvalue weighted by molar-refractivity contribution is 5.84. The molecule has 1 aromatic rings. The quantitative estimate of drug-likeness (QED) is 0.156. The fourth-order valence-electron chi connectivity index (χ4n) is 11.5. The van der Waals surface area contributed by atoms with Crippen molar-refractivity contribution in [3.05, 3.63) is 18.2 Å². The van der Waals surface area contributed by atoms with Gasteiger partial charge in [-0.1, -0.05) is 74.7 Å². The van der Waals surface area contributed by atoms with E-state index in [9.17, 15) is 14.7 Å². The van der Waals surface area contributed by atoms with E-state index in [-0.39, 0.29) is 35.4 Å². The average molecular weight is 669 g/mol. The number of nitrogens with zero attached hydrogens (tertiary/aromatic N) is 1. The highest BCUT2D eigenvalue weighted by Gasteiger charge is 2.68. The Balaban J connectivity index is 1.36. The van der Waals surface area contributed by atoms with E-state index in [1.807, 2.05) is 20.0 Å². The number of ether oxygens (including phenoxy) is 1. The number of aromatic nitrogens is 2. The summed E-state index contributed by atoms with van der Waals surface area (Å²) in [6.45, 7) is 18.6. The van der Waals surface area contributed by atoms with E-state index in [1.165, 1.54) is 44.9 Å². The molecule has 0 unspecified atom stereocenters. The first-order chi connectivity index (χ1) is 22.7. The first kappa shape index (κ1) is 37.3. The minimum absolute atomic E-state index is 0.0815. The molecule has 4 N–H and O–H groups in total. The summed E-state index contributed by atoms with van der Waals surface area (Å²) in [6.07, 6.45) is 16.5. The third-order valence-electron chi connectivity index (χ3n) is 14.2. The molecule has 0 radical (unpaired) electrons. The molecule has 4 saturated carbocycles. The minimum Gasteiger partial charge on any atom is -0.461 e. The Bertz CT molecular complexity index is 1220. The molecular weight excluding hydrogens is 600 g/mol. The van der Waals surface area contributed by atoms with E-state index in [2.05, 4.69) is 55.2 Å². The smallest absolute Gasteiger partial charge is 0.329 e. The molecule has 1 amide bonds. The summed E-state index contributed by atoms with van der Waals surface area (Å²) in [5.74, 6) is 3.45. The van der Waals surface area contributed by atoms with Crippen LogP contribution in [-0.4, -0.2) is 57.3 Å². The van der Waals surface area contributed by atoms with Crippen molar-refractivity contribution in [2.24, 2.45) is 52.3 Å². The molecule has 4 aliphatic rings. The molecule has 8 heteroatoms. The van der Waals surface area contributed by atoms with Crippen LogP contribution in [0.1, 0.15) is 138 Å². The second-order valence-electron chi connectivity index (χ2n) is 17.8. The molecule has 0 aromatic carbocycles. The number of carbonyl (C=O) groups is 2. The molecule has 1 heterocycles. The van der Waals surface area contributed by atoms with E-state index in [0.717, 1.165) is 55.7 Å². The van der Waals surface area contributed by atoms with Crippen molar-refractivity contribution in [3.63, 3.8) is 0 Å². The lowest BCUT2D eigenvalue weighted by atomic mass is 9.42. The topological polar surface area (TPSA) is 116 Å². The summed E-state index contributed by atoms with van der Waals surface area (Å²) in [5, 5.41) is 19.8. The number of hydrogen-bond acceptors (Lipinski definition) is 6. The lowest BCUT2D eigenvalue weighted by molar-refractivity contribution is -0.237. The molecule has 0 spiro atoms. The van der Waals surface area contributed by atoms with Gasteiger partial charge in [-0.15, -0.1) is 0 Å². The number of rotatable bonds is 14. The van der Waals surface area contributed by atoms with Crippen LogP contribution in [0, 0.1) is 52.3 Å². The molecule has 0 aliphatic heterocycles. The van der Waals surface area contributed by atoms with Gasteiger partial charge < -0.3 is 25.5 Å². The Labute approximate surface area is 291 Å². The van der Waals surface area contributed by atoms with Gasteiger partial charge in [0.15, 0.2) is 0 Å². The number of aromatic amines is 1. The maximum absolute atomic E-state index is 13.5. The number of carbonyl (C=O) groups excluding carboxylic acids is 2. The van der Waals surface area contributed by atoms with Gasteiger partial charge in [-0.2, -0.15) is 0 Å². The van der Waals surface area contributed by atoms with Crippen molar-refractivity contribution in [3.8, 4) is 0 Å². The molecule has 48 heavy (non-hydrogen) atoms. The van der Waals surface area contributed by atoms with Gasteiger partial charge in [-0.25, -0.2) is 9.78 Å². The number of hydrogen-bond donors (Lipinski definition) is 4. The number of H-pyrrole nitrogens is 1. The first-order valence-corrected chi connectivity index (χ1v) is 19.7. The van der Waals surface area contributed by atoms with Gasteiger partial charge in [-0.3, -0.25) is 4.79 Å². The molecule has 1 aromatic heterocycles. The second kappa shape index (κ2) is 15.1. The summed E-state index contributed by atoms with van der Waals surface area (Å²) >= 11 is 0.